The van der Waals surface area contributed by atoms with E-state index in [-0.39, 0.29) is 13.1 Å². The van der Waals surface area contributed by atoms with Crippen molar-refractivity contribution in [2.45, 2.75) is 53.7 Å². The van der Waals surface area contributed by atoms with E-state index in [1.165, 1.54) is 11.9 Å². The summed E-state index contributed by atoms with van der Waals surface area (Å²) in [5.74, 6) is -0.469. The monoisotopic (exact) mass is 339 g/mol. The van der Waals surface area contributed by atoms with E-state index in [4.69, 9.17) is 10.5 Å². The molecule has 0 saturated heterocycles. The maximum absolute atomic E-state index is 11.7. The molecule has 0 aromatic heterocycles. The summed E-state index contributed by atoms with van der Waals surface area (Å²) >= 11 is 0. The van der Waals surface area contributed by atoms with Crippen LogP contribution in [0.15, 0.2) is 24.3 Å². The lowest BCUT2D eigenvalue weighted by molar-refractivity contribution is -0.155. The lowest BCUT2D eigenvalue weighted by Gasteiger charge is -2.24. The van der Waals surface area contributed by atoms with Crippen LogP contribution in [0, 0.1) is 6.92 Å². The van der Waals surface area contributed by atoms with Gasteiger partial charge in [0.2, 0.25) is 0 Å². The molecule has 24 heavy (non-hydrogen) atoms. The summed E-state index contributed by atoms with van der Waals surface area (Å²) in [5, 5.41) is 0. The van der Waals surface area contributed by atoms with Gasteiger partial charge < -0.3 is 21.1 Å². The summed E-state index contributed by atoms with van der Waals surface area (Å²) in [6.45, 7) is 11.4. The Morgan fingerprint density at radius 1 is 1.08 bits per heavy atom. The highest BCUT2D eigenvalue weighted by Gasteiger charge is 2.20. The first kappa shape index (κ1) is 24.2. The van der Waals surface area contributed by atoms with Crippen molar-refractivity contribution in [3.8, 4) is 0 Å². The van der Waals surface area contributed by atoms with Crippen molar-refractivity contribution in [1.82, 2.24) is 4.90 Å². The maximum Gasteiger partial charge on any atom is 0.326 e. The zero-order chi connectivity index (χ0) is 19.3. The Morgan fingerprint density at radius 2 is 1.54 bits per heavy atom. The van der Waals surface area contributed by atoms with Crippen LogP contribution in [0.3, 0.4) is 0 Å². The van der Waals surface area contributed by atoms with Gasteiger partial charge in [-0.05, 0) is 40.3 Å². The average molecular weight is 339 g/mol. The Bertz CT molecular complexity index is 479. The molecular weight excluding hydrogens is 306 g/mol. The number of nitrogens with zero attached hydrogens (tertiary/aromatic N) is 1. The van der Waals surface area contributed by atoms with Gasteiger partial charge in [0.15, 0.2) is 0 Å². The molecule has 6 nitrogen and oxygen atoms in total. The lowest BCUT2D eigenvalue weighted by atomic mass is 10.1. The number of benzene rings is 1. The number of primary amides is 1. The van der Waals surface area contributed by atoms with Crippen molar-refractivity contribution in [2.75, 3.05) is 13.6 Å². The van der Waals surface area contributed by atoms with Crippen LogP contribution in [-0.2, 0) is 16.1 Å². The second-order valence-corrected chi connectivity index (χ2v) is 5.77. The summed E-state index contributed by atoms with van der Waals surface area (Å²) in [6.07, 6.45) is 0. The van der Waals surface area contributed by atoms with Gasteiger partial charge in [-0.2, -0.15) is 0 Å². The van der Waals surface area contributed by atoms with Crippen LogP contribution in [0.1, 0.15) is 45.7 Å². The van der Waals surface area contributed by atoms with Crippen molar-refractivity contribution < 1.29 is 14.3 Å². The van der Waals surface area contributed by atoms with Gasteiger partial charge in [0.25, 0.3) is 0 Å². The molecule has 1 aromatic rings. The average Bonchev–Trinajstić information content (AvgIpc) is 2.51. The smallest absolute Gasteiger partial charge is 0.326 e. The van der Waals surface area contributed by atoms with Crippen LogP contribution < -0.4 is 11.5 Å². The fourth-order valence-electron chi connectivity index (χ4n) is 1.66. The van der Waals surface area contributed by atoms with Crippen LogP contribution in [0.25, 0.3) is 0 Å². The maximum atomic E-state index is 11.7. The van der Waals surface area contributed by atoms with Gasteiger partial charge >= 0.3 is 12.0 Å². The van der Waals surface area contributed by atoms with Crippen molar-refractivity contribution >= 4 is 12.0 Å². The van der Waals surface area contributed by atoms with Crippen molar-refractivity contribution in [3.63, 3.8) is 0 Å². The number of rotatable bonds is 4. The van der Waals surface area contributed by atoms with Crippen LogP contribution in [0.2, 0.25) is 0 Å². The summed E-state index contributed by atoms with van der Waals surface area (Å²) in [6, 6.07) is 7.06. The standard InChI is InChI=1S/C15H22N2O3.C2H6.CH5N/c1-11-5-7-12(8-6-11)9-17(14(16)19)10-13(18)20-15(2,3)4;2*1-2/h5-8H,9-10H2,1-4H3,(H2,16,19);1-2H3;2H2,1H3. The van der Waals surface area contributed by atoms with Crippen molar-refractivity contribution in [2.24, 2.45) is 11.5 Å². The lowest BCUT2D eigenvalue weighted by Crippen LogP contribution is -2.41. The summed E-state index contributed by atoms with van der Waals surface area (Å²) in [4.78, 5) is 24.4. The number of carbonyl (C=O) groups is 2. The normalized spacial score (nSPS) is 9.67. The molecule has 1 aromatic carbocycles. The molecule has 0 aliphatic carbocycles. The Balaban J connectivity index is 0. The van der Waals surface area contributed by atoms with Crippen LogP contribution in [0.5, 0.6) is 0 Å². The molecule has 0 atom stereocenters. The molecule has 4 N–H and O–H groups in total. The Hall–Kier alpha value is -2.08. The van der Waals surface area contributed by atoms with E-state index < -0.39 is 17.6 Å². The molecule has 0 radical (unpaired) electrons. The minimum Gasteiger partial charge on any atom is -0.459 e. The number of aryl methyl sites for hydroxylation is 1. The highest BCUT2D eigenvalue weighted by molar-refractivity contribution is 5.80. The Kier molecular flexibility index (Phi) is 12.4. The fourth-order valence-corrected chi connectivity index (χ4v) is 1.66. The van der Waals surface area contributed by atoms with Crippen molar-refractivity contribution in [3.05, 3.63) is 35.4 Å². The van der Waals surface area contributed by atoms with Gasteiger partial charge in [-0.1, -0.05) is 43.7 Å². The number of ether oxygens (including phenoxy) is 1. The third-order valence-corrected chi connectivity index (χ3v) is 2.55. The summed E-state index contributed by atoms with van der Waals surface area (Å²) < 4.78 is 5.19. The molecule has 0 heterocycles. The number of nitrogens with two attached hydrogens (primary N) is 2. The molecule has 0 bridgehead atoms. The first-order chi connectivity index (χ1) is 11.2. The molecule has 0 aliphatic heterocycles. The SMILES string of the molecule is CC.CN.Cc1ccc(CN(CC(=O)OC(C)(C)C)C(N)=O)cc1. The number of carbonyl (C=O) groups excluding carboxylic acids is 2. The molecule has 1 rings (SSSR count). The molecule has 138 valence electrons. The van der Waals surface area contributed by atoms with E-state index in [0.717, 1.165) is 11.1 Å². The molecule has 0 fully saturated rings. The van der Waals surface area contributed by atoms with Gasteiger partial charge in [0.1, 0.15) is 12.1 Å². The second-order valence-electron chi connectivity index (χ2n) is 5.77. The van der Waals surface area contributed by atoms with E-state index in [0.29, 0.717) is 0 Å². The Labute approximate surface area is 146 Å². The summed E-state index contributed by atoms with van der Waals surface area (Å²) in [7, 11) is 1.50. The number of urea groups is 1. The van der Waals surface area contributed by atoms with Crippen molar-refractivity contribution in [1.29, 1.82) is 0 Å². The van der Waals surface area contributed by atoms with Gasteiger partial charge in [-0.15, -0.1) is 0 Å². The predicted octanol–water partition coefficient (Wildman–Crippen LogP) is 2.82. The van der Waals surface area contributed by atoms with Gasteiger partial charge in [0.05, 0.1) is 0 Å². The largest absolute Gasteiger partial charge is 0.459 e. The van der Waals surface area contributed by atoms with Crippen LogP contribution >= 0.6 is 0 Å². The van der Waals surface area contributed by atoms with E-state index >= 15 is 0 Å². The number of hydrogen-bond acceptors (Lipinski definition) is 4. The molecular formula is C18H33N3O3. The fraction of sp³-hybridized carbons (Fsp3) is 0.556. The van der Waals surface area contributed by atoms with Gasteiger partial charge in [-0.25, -0.2) is 4.79 Å². The third-order valence-electron chi connectivity index (χ3n) is 2.55. The van der Waals surface area contributed by atoms with Crippen LogP contribution in [0.4, 0.5) is 4.79 Å². The van der Waals surface area contributed by atoms with E-state index in [1.807, 2.05) is 45.0 Å². The number of esters is 1. The first-order valence-corrected chi connectivity index (χ1v) is 8.07. The predicted molar refractivity (Wildman–Crippen MR) is 98.5 cm³/mol. The van der Waals surface area contributed by atoms with Crippen LogP contribution in [-0.4, -0.2) is 36.1 Å². The third kappa shape index (κ3) is 11.5. The van der Waals surface area contributed by atoms with Gasteiger partial charge in [-0.3, -0.25) is 4.79 Å². The first-order valence-electron chi connectivity index (χ1n) is 8.07. The minimum atomic E-state index is -0.642. The van der Waals surface area contributed by atoms with E-state index in [9.17, 15) is 9.59 Å². The molecule has 2 amide bonds. The highest BCUT2D eigenvalue weighted by Crippen LogP contribution is 2.10. The zero-order valence-corrected chi connectivity index (χ0v) is 16.1. The molecule has 0 aliphatic rings. The zero-order valence-electron chi connectivity index (χ0n) is 16.1. The number of hydrogen-bond donors (Lipinski definition) is 2. The van der Waals surface area contributed by atoms with Gasteiger partial charge in [0, 0.05) is 6.54 Å². The molecule has 0 spiro atoms. The topological polar surface area (TPSA) is 98.7 Å². The van der Waals surface area contributed by atoms with E-state index in [1.54, 1.807) is 20.8 Å². The molecule has 0 saturated carbocycles. The molecule has 0 unspecified atom stereocenters. The quantitative estimate of drug-likeness (QED) is 0.824. The second kappa shape index (κ2) is 12.4. The van der Waals surface area contributed by atoms with E-state index in [2.05, 4.69) is 5.73 Å². The Morgan fingerprint density at radius 3 is 1.92 bits per heavy atom. The molecule has 6 heteroatoms. The minimum absolute atomic E-state index is 0.152. The highest BCUT2D eigenvalue weighted by atomic mass is 16.6. The number of amides is 2. The summed E-state index contributed by atoms with van der Waals surface area (Å²) in [5.41, 5.74) is 11.3.